The van der Waals surface area contributed by atoms with E-state index in [-0.39, 0.29) is 0 Å². The Morgan fingerprint density at radius 1 is 0.917 bits per heavy atom. The molecule has 2 aromatic carbocycles. The third kappa shape index (κ3) is 2.48. The summed E-state index contributed by atoms with van der Waals surface area (Å²) in [5.41, 5.74) is 5.36. The third-order valence-corrected chi connectivity index (χ3v) is 4.12. The maximum atomic E-state index is 10.9. The van der Waals surface area contributed by atoms with Crippen LogP contribution in [-0.4, -0.2) is 23.3 Å². The number of aldehydes is 1. The van der Waals surface area contributed by atoms with Crippen LogP contribution in [0.3, 0.4) is 0 Å². The van der Waals surface area contributed by atoms with E-state index in [2.05, 4.69) is 22.4 Å². The molecule has 0 bridgehead atoms. The van der Waals surface area contributed by atoms with E-state index in [1.165, 1.54) is 0 Å². The van der Waals surface area contributed by atoms with Crippen LogP contribution in [0.1, 0.15) is 10.4 Å². The number of fused-ring (bicyclic) bond motifs is 2. The van der Waals surface area contributed by atoms with Crippen LogP contribution in [0.15, 0.2) is 60.8 Å². The molecule has 1 N–H and O–H groups in total. The van der Waals surface area contributed by atoms with Gasteiger partial charge in [0.25, 0.3) is 0 Å². The second-order valence-electron chi connectivity index (χ2n) is 5.65. The van der Waals surface area contributed by atoms with Crippen LogP contribution in [0, 0.1) is 0 Å². The average molecular weight is 313 g/mol. The third-order valence-electron chi connectivity index (χ3n) is 4.12. The lowest BCUT2D eigenvalue weighted by Gasteiger charge is -2.06. The Balaban J connectivity index is 1.83. The standard InChI is InChI=1S/C20H15N3O/c1-21-17-4-7-18-15(10-17)9-16(11-22-18)20-6-3-14-8-13(12-24)2-5-19(14)23-20/h2-12,21H,1H3. The van der Waals surface area contributed by atoms with Gasteiger partial charge < -0.3 is 5.32 Å². The van der Waals surface area contributed by atoms with Crippen molar-refractivity contribution in [3.8, 4) is 11.3 Å². The van der Waals surface area contributed by atoms with Crippen molar-refractivity contribution in [1.29, 1.82) is 0 Å². The largest absolute Gasteiger partial charge is 0.388 e. The zero-order chi connectivity index (χ0) is 16.5. The fraction of sp³-hybridized carbons (Fsp3) is 0.0500. The van der Waals surface area contributed by atoms with E-state index in [4.69, 9.17) is 4.98 Å². The first-order chi connectivity index (χ1) is 11.8. The number of hydrogen-bond donors (Lipinski definition) is 1. The van der Waals surface area contributed by atoms with Gasteiger partial charge in [0.2, 0.25) is 0 Å². The lowest BCUT2D eigenvalue weighted by Crippen LogP contribution is -1.90. The summed E-state index contributed by atoms with van der Waals surface area (Å²) in [5.74, 6) is 0. The molecule has 0 fully saturated rings. The number of nitrogens with one attached hydrogen (secondary N) is 1. The molecule has 0 amide bonds. The summed E-state index contributed by atoms with van der Waals surface area (Å²) in [4.78, 5) is 20.1. The average Bonchev–Trinajstić information content (AvgIpc) is 2.66. The summed E-state index contributed by atoms with van der Waals surface area (Å²) in [6.45, 7) is 0. The molecule has 0 saturated carbocycles. The molecule has 0 aliphatic rings. The molecule has 0 unspecified atom stereocenters. The highest BCUT2D eigenvalue weighted by atomic mass is 16.1. The van der Waals surface area contributed by atoms with Gasteiger partial charge in [-0.05, 0) is 48.5 Å². The molecule has 4 nitrogen and oxygen atoms in total. The Kier molecular flexibility index (Phi) is 3.43. The lowest BCUT2D eigenvalue weighted by atomic mass is 10.1. The number of carbonyl (C=O) groups excluding carboxylic acids is 1. The van der Waals surface area contributed by atoms with Crippen molar-refractivity contribution in [2.75, 3.05) is 12.4 Å². The van der Waals surface area contributed by atoms with Crippen LogP contribution in [-0.2, 0) is 0 Å². The van der Waals surface area contributed by atoms with Gasteiger partial charge in [0, 0.05) is 40.8 Å². The molecule has 0 aliphatic heterocycles. The van der Waals surface area contributed by atoms with Gasteiger partial charge in [0.05, 0.1) is 16.7 Å². The van der Waals surface area contributed by atoms with E-state index in [9.17, 15) is 4.79 Å². The number of carbonyl (C=O) groups is 1. The van der Waals surface area contributed by atoms with Gasteiger partial charge in [-0.25, -0.2) is 4.98 Å². The second kappa shape index (κ2) is 5.74. The van der Waals surface area contributed by atoms with Crippen molar-refractivity contribution >= 4 is 33.8 Å². The first kappa shape index (κ1) is 14.3. The molecular formula is C20H15N3O. The van der Waals surface area contributed by atoms with Gasteiger partial charge in [-0.15, -0.1) is 0 Å². The minimum Gasteiger partial charge on any atom is -0.388 e. The van der Waals surface area contributed by atoms with Crippen molar-refractivity contribution in [3.63, 3.8) is 0 Å². The summed E-state index contributed by atoms with van der Waals surface area (Å²) in [5, 5.41) is 5.16. The van der Waals surface area contributed by atoms with Crippen molar-refractivity contribution in [2.45, 2.75) is 0 Å². The van der Waals surface area contributed by atoms with Crippen LogP contribution >= 0.6 is 0 Å². The normalized spacial score (nSPS) is 10.9. The molecule has 2 heterocycles. The van der Waals surface area contributed by atoms with E-state index >= 15 is 0 Å². The summed E-state index contributed by atoms with van der Waals surface area (Å²) >= 11 is 0. The highest BCUT2D eigenvalue weighted by molar-refractivity contribution is 5.89. The number of aromatic nitrogens is 2. The van der Waals surface area contributed by atoms with Gasteiger partial charge in [0.15, 0.2) is 0 Å². The van der Waals surface area contributed by atoms with Crippen LogP contribution in [0.5, 0.6) is 0 Å². The summed E-state index contributed by atoms with van der Waals surface area (Å²) in [6, 6.07) is 17.6. The van der Waals surface area contributed by atoms with Gasteiger partial charge in [-0.3, -0.25) is 9.78 Å². The molecular weight excluding hydrogens is 298 g/mol. The minimum absolute atomic E-state index is 0.656. The van der Waals surface area contributed by atoms with E-state index in [1.54, 1.807) is 6.07 Å². The molecule has 2 aromatic heterocycles. The van der Waals surface area contributed by atoms with Crippen LogP contribution in [0.2, 0.25) is 0 Å². The number of benzene rings is 2. The summed E-state index contributed by atoms with van der Waals surface area (Å²) < 4.78 is 0. The van der Waals surface area contributed by atoms with Crippen molar-refractivity contribution in [3.05, 3.63) is 66.4 Å². The number of rotatable bonds is 3. The molecule has 0 atom stereocenters. The van der Waals surface area contributed by atoms with E-state index in [1.807, 2.05) is 49.6 Å². The Morgan fingerprint density at radius 2 is 1.79 bits per heavy atom. The molecule has 4 rings (SSSR count). The molecule has 0 aliphatic carbocycles. The predicted octanol–water partition coefficient (Wildman–Crippen LogP) is 4.30. The fourth-order valence-electron chi connectivity index (χ4n) is 2.81. The number of nitrogens with zero attached hydrogens (tertiary/aromatic N) is 2. The topological polar surface area (TPSA) is 54.9 Å². The molecule has 4 aromatic rings. The quantitative estimate of drug-likeness (QED) is 0.573. The first-order valence-electron chi connectivity index (χ1n) is 7.71. The molecule has 0 spiro atoms. The summed E-state index contributed by atoms with van der Waals surface area (Å²) in [7, 11) is 1.90. The van der Waals surface area contributed by atoms with Gasteiger partial charge in [-0.1, -0.05) is 6.07 Å². The van der Waals surface area contributed by atoms with Crippen LogP contribution in [0.25, 0.3) is 33.1 Å². The predicted molar refractivity (Wildman–Crippen MR) is 97.4 cm³/mol. The molecule has 4 heteroatoms. The number of pyridine rings is 2. The van der Waals surface area contributed by atoms with Crippen molar-refractivity contribution < 1.29 is 4.79 Å². The molecule has 0 saturated heterocycles. The zero-order valence-corrected chi connectivity index (χ0v) is 13.2. The zero-order valence-electron chi connectivity index (χ0n) is 13.2. The van der Waals surface area contributed by atoms with Gasteiger partial charge >= 0.3 is 0 Å². The Hall–Kier alpha value is -3.27. The highest BCUT2D eigenvalue weighted by Crippen LogP contribution is 2.25. The van der Waals surface area contributed by atoms with E-state index in [0.29, 0.717) is 5.56 Å². The van der Waals surface area contributed by atoms with E-state index in [0.717, 1.165) is 45.0 Å². The fourth-order valence-corrected chi connectivity index (χ4v) is 2.81. The molecule has 0 radical (unpaired) electrons. The second-order valence-corrected chi connectivity index (χ2v) is 5.65. The van der Waals surface area contributed by atoms with Crippen LogP contribution < -0.4 is 5.32 Å². The highest BCUT2D eigenvalue weighted by Gasteiger charge is 2.05. The number of hydrogen-bond acceptors (Lipinski definition) is 4. The maximum absolute atomic E-state index is 10.9. The Bertz CT molecular complexity index is 1070. The Labute approximate surface area is 139 Å². The number of anilines is 1. The monoisotopic (exact) mass is 313 g/mol. The Morgan fingerprint density at radius 3 is 2.62 bits per heavy atom. The van der Waals surface area contributed by atoms with Gasteiger partial charge in [-0.2, -0.15) is 0 Å². The smallest absolute Gasteiger partial charge is 0.150 e. The molecule has 116 valence electrons. The van der Waals surface area contributed by atoms with Crippen molar-refractivity contribution in [1.82, 2.24) is 9.97 Å². The first-order valence-corrected chi connectivity index (χ1v) is 7.71. The SMILES string of the molecule is CNc1ccc2ncc(-c3ccc4cc(C=O)ccc4n3)cc2c1. The summed E-state index contributed by atoms with van der Waals surface area (Å²) in [6.07, 6.45) is 2.69. The van der Waals surface area contributed by atoms with Gasteiger partial charge in [0.1, 0.15) is 6.29 Å². The maximum Gasteiger partial charge on any atom is 0.150 e. The van der Waals surface area contributed by atoms with E-state index < -0.39 is 0 Å². The van der Waals surface area contributed by atoms with Crippen molar-refractivity contribution in [2.24, 2.45) is 0 Å². The molecule has 24 heavy (non-hydrogen) atoms. The minimum atomic E-state index is 0.656. The van der Waals surface area contributed by atoms with Crippen LogP contribution in [0.4, 0.5) is 5.69 Å². The lowest BCUT2D eigenvalue weighted by molar-refractivity contribution is 0.112.